The lowest BCUT2D eigenvalue weighted by molar-refractivity contribution is -0.206. The maximum Gasteiger partial charge on any atom is 0.119 e. The van der Waals surface area contributed by atoms with Crippen LogP contribution in [0, 0.1) is 0 Å². The Bertz CT molecular complexity index is 652. The predicted molar refractivity (Wildman–Crippen MR) is 95.6 cm³/mol. The summed E-state index contributed by atoms with van der Waals surface area (Å²) >= 11 is 12.1. The molecular weight excluding hydrogens is 354 g/mol. The molecule has 0 heterocycles. The summed E-state index contributed by atoms with van der Waals surface area (Å²) in [5.74, 6) is 0.742. The van der Waals surface area contributed by atoms with Crippen LogP contribution in [0.3, 0.4) is 0 Å². The van der Waals surface area contributed by atoms with Gasteiger partial charge < -0.3 is 14.6 Å². The average Bonchev–Trinajstić information content (AvgIpc) is 2.53. The maximum absolute atomic E-state index is 12.4. The van der Waals surface area contributed by atoms with Crippen LogP contribution in [0.25, 0.3) is 0 Å². The highest BCUT2D eigenvalue weighted by molar-refractivity contribution is 7.49. The quantitative estimate of drug-likeness (QED) is 0.553. The number of benzene rings is 2. The lowest BCUT2D eigenvalue weighted by Crippen LogP contribution is -2.18. The van der Waals surface area contributed by atoms with Crippen molar-refractivity contribution in [2.24, 2.45) is 0 Å². The van der Waals surface area contributed by atoms with Gasteiger partial charge in [-0.3, -0.25) is 0 Å². The van der Waals surface area contributed by atoms with Gasteiger partial charge in [0.05, 0.1) is 6.61 Å². The van der Waals surface area contributed by atoms with E-state index in [0.29, 0.717) is 43.6 Å². The molecule has 0 spiro atoms. The largest absolute Gasteiger partial charge is 0.823 e. The van der Waals surface area contributed by atoms with Gasteiger partial charge in [-0.1, -0.05) is 37.5 Å². The van der Waals surface area contributed by atoms with E-state index in [9.17, 15) is 5.11 Å². The second kappa shape index (κ2) is 9.27. The summed E-state index contributed by atoms with van der Waals surface area (Å²) in [6.45, 7) is 3.67. The van der Waals surface area contributed by atoms with Crippen molar-refractivity contribution in [3.05, 3.63) is 58.1 Å². The van der Waals surface area contributed by atoms with Gasteiger partial charge >= 0.3 is 0 Å². The summed E-state index contributed by atoms with van der Waals surface area (Å²) in [6, 6.07) is 12.4. The molecule has 0 amide bonds. The zero-order valence-electron chi connectivity index (χ0n) is 12.6. The van der Waals surface area contributed by atoms with Gasteiger partial charge in [0, 0.05) is 27.5 Å². The van der Waals surface area contributed by atoms with E-state index >= 15 is 0 Å². The van der Waals surface area contributed by atoms with Crippen LogP contribution in [0.2, 0.25) is 10.0 Å². The Morgan fingerprint density at radius 2 is 1.70 bits per heavy atom. The van der Waals surface area contributed by atoms with Gasteiger partial charge in [-0.2, -0.15) is 0 Å². The summed E-state index contributed by atoms with van der Waals surface area (Å²) in [6.07, 6.45) is 0. The molecular formula is C17H16Cl2O3P-. The van der Waals surface area contributed by atoms with Crippen LogP contribution >= 0.6 is 31.4 Å². The second-order valence-corrected chi connectivity index (χ2v) is 6.51. The van der Waals surface area contributed by atoms with Gasteiger partial charge in [0.2, 0.25) is 0 Å². The second-order valence-electron chi connectivity index (χ2n) is 4.55. The first-order chi connectivity index (χ1) is 11.1. The molecule has 0 aliphatic carbocycles. The Kier molecular flexibility index (Phi) is 7.35. The van der Waals surface area contributed by atoms with E-state index in [2.05, 4.69) is 0 Å². The molecule has 0 N–H and O–H groups in total. The van der Waals surface area contributed by atoms with E-state index < -0.39 is 0 Å². The number of hydrogen-bond acceptors (Lipinski definition) is 3. The fourth-order valence-corrected chi connectivity index (χ4v) is 3.44. The molecule has 0 saturated heterocycles. The summed E-state index contributed by atoms with van der Waals surface area (Å²) in [4.78, 5) is 0. The lowest BCUT2D eigenvalue weighted by Gasteiger charge is -2.15. The molecule has 2 rings (SSSR count). The standard InChI is InChI=1S/C17H17Cl2O3P/c1-2-21-10-11-22-12-6-8-13(9-7-12)23-17(20)16-14(18)4-3-5-15(16)19/h3-9,20H,2,10-11H2,1H3/p-1. The van der Waals surface area contributed by atoms with Crippen LogP contribution in [0.5, 0.6) is 5.75 Å². The van der Waals surface area contributed by atoms with Gasteiger partial charge in [-0.25, -0.2) is 0 Å². The van der Waals surface area contributed by atoms with Crippen LogP contribution in [0.15, 0.2) is 42.5 Å². The summed E-state index contributed by atoms with van der Waals surface area (Å²) in [5, 5.41) is 13.9. The number of hydrogen-bond donors (Lipinski definition) is 0. The third-order valence-corrected chi connectivity index (χ3v) is 4.56. The Morgan fingerprint density at radius 1 is 1.04 bits per heavy atom. The summed E-state index contributed by atoms with van der Waals surface area (Å²) in [7, 11) is 0.518. The van der Waals surface area contributed by atoms with Crippen molar-refractivity contribution < 1.29 is 14.6 Å². The molecule has 0 fully saturated rings. The third kappa shape index (κ3) is 5.49. The summed E-state index contributed by atoms with van der Waals surface area (Å²) < 4.78 is 10.7. The fourth-order valence-electron chi connectivity index (χ4n) is 1.85. The number of ether oxygens (including phenoxy) is 2. The zero-order valence-corrected chi connectivity index (χ0v) is 15.0. The van der Waals surface area contributed by atoms with Crippen molar-refractivity contribution in [1.29, 1.82) is 0 Å². The molecule has 6 heteroatoms. The van der Waals surface area contributed by atoms with Crippen molar-refractivity contribution in [1.82, 2.24) is 0 Å². The van der Waals surface area contributed by atoms with Crippen molar-refractivity contribution >= 4 is 42.2 Å². The van der Waals surface area contributed by atoms with Crippen LogP contribution in [0.1, 0.15) is 12.5 Å². The van der Waals surface area contributed by atoms with E-state index in [-0.39, 0.29) is 5.48 Å². The smallest absolute Gasteiger partial charge is 0.119 e. The molecule has 122 valence electrons. The first kappa shape index (κ1) is 18.3. The highest BCUT2D eigenvalue weighted by Gasteiger charge is 2.04. The molecule has 23 heavy (non-hydrogen) atoms. The molecule has 0 radical (unpaired) electrons. The van der Waals surface area contributed by atoms with Crippen molar-refractivity contribution in [3.63, 3.8) is 0 Å². The third-order valence-electron chi connectivity index (χ3n) is 2.94. The normalized spacial score (nSPS) is 11.6. The van der Waals surface area contributed by atoms with E-state index in [1.165, 1.54) is 0 Å². The minimum atomic E-state index is -0.134. The minimum Gasteiger partial charge on any atom is -0.823 e. The maximum atomic E-state index is 12.4. The Morgan fingerprint density at radius 3 is 2.30 bits per heavy atom. The molecule has 0 aliphatic heterocycles. The number of rotatable bonds is 7. The van der Waals surface area contributed by atoms with E-state index in [1.54, 1.807) is 18.2 Å². The molecule has 2 aromatic carbocycles. The number of halogens is 2. The van der Waals surface area contributed by atoms with Gasteiger partial charge in [0.1, 0.15) is 12.4 Å². The van der Waals surface area contributed by atoms with Crippen molar-refractivity contribution in [3.8, 4) is 5.75 Å². The van der Waals surface area contributed by atoms with Crippen molar-refractivity contribution in [2.45, 2.75) is 6.92 Å². The monoisotopic (exact) mass is 369 g/mol. The van der Waals surface area contributed by atoms with Gasteiger partial charge in [-0.05, 0) is 43.3 Å². The molecule has 0 unspecified atom stereocenters. The molecule has 3 nitrogen and oxygen atoms in total. The first-order valence-corrected chi connectivity index (χ1v) is 8.77. The molecule has 0 saturated carbocycles. The summed E-state index contributed by atoms with van der Waals surface area (Å²) in [5.41, 5.74) is 0.222. The Balaban J connectivity index is 2.07. The molecule has 2 aromatic rings. The fraction of sp³-hybridized carbons (Fsp3) is 0.235. The van der Waals surface area contributed by atoms with Crippen LogP contribution in [-0.2, 0) is 4.74 Å². The van der Waals surface area contributed by atoms with Gasteiger partial charge in [0.25, 0.3) is 0 Å². The predicted octanol–water partition coefficient (Wildman–Crippen LogP) is 3.52. The van der Waals surface area contributed by atoms with E-state index in [1.807, 2.05) is 31.2 Å². The highest BCUT2D eigenvalue weighted by atomic mass is 35.5. The highest BCUT2D eigenvalue weighted by Crippen LogP contribution is 2.25. The zero-order chi connectivity index (χ0) is 16.7. The molecule has 0 atom stereocenters. The Hall–Kier alpha value is -1.09. The Labute approximate surface area is 147 Å². The molecule has 0 aromatic heterocycles. The van der Waals surface area contributed by atoms with Crippen LogP contribution < -0.4 is 15.1 Å². The van der Waals surface area contributed by atoms with Gasteiger partial charge in [-0.15, -0.1) is 5.48 Å². The van der Waals surface area contributed by atoms with E-state index in [4.69, 9.17) is 32.7 Å². The van der Waals surface area contributed by atoms with Crippen LogP contribution in [-0.4, -0.2) is 25.3 Å². The average molecular weight is 370 g/mol. The van der Waals surface area contributed by atoms with Gasteiger partial charge in [0.15, 0.2) is 0 Å². The van der Waals surface area contributed by atoms with E-state index in [0.717, 1.165) is 11.1 Å². The van der Waals surface area contributed by atoms with Crippen molar-refractivity contribution in [2.75, 3.05) is 19.8 Å². The van der Waals surface area contributed by atoms with Crippen LogP contribution in [0.4, 0.5) is 0 Å². The minimum absolute atomic E-state index is 0.134. The first-order valence-electron chi connectivity index (χ1n) is 7.12. The molecule has 0 aliphatic rings. The topological polar surface area (TPSA) is 41.5 Å². The molecule has 0 bridgehead atoms. The lowest BCUT2D eigenvalue weighted by atomic mass is 10.2. The SMILES string of the molecule is CCOCCOc1ccc(P=C([O-])c2c(Cl)cccc2Cl)cc1.